The third kappa shape index (κ3) is 8.30. The van der Waals surface area contributed by atoms with Crippen molar-refractivity contribution in [3.63, 3.8) is 0 Å². The van der Waals surface area contributed by atoms with Crippen LogP contribution in [0.25, 0.3) is 0 Å². The van der Waals surface area contributed by atoms with Crippen molar-refractivity contribution >= 4 is 18.1 Å². The van der Waals surface area contributed by atoms with Gasteiger partial charge >= 0.3 is 12.2 Å². The van der Waals surface area contributed by atoms with Crippen molar-refractivity contribution in [3.8, 4) is 5.75 Å². The first-order chi connectivity index (χ1) is 16.1. The number of nitrogens with zero attached hydrogens (tertiary/aromatic N) is 3. The summed E-state index contributed by atoms with van der Waals surface area (Å²) in [5.41, 5.74) is 0.364. The molecule has 194 valence electrons. The van der Waals surface area contributed by atoms with Gasteiger partial charge in [0.05, 0.1) is 18.8 Å². The minimum Gasteiger partial charge on any atom is -0.497 e. The normalized spacial score (nSPS) is 19.0. The lowest BCUT2D eigenvalue weighted by molar-refractivity contribution is 0.0412. The van der Waals surface area contributed by atoms with Crippen LogP contribution < -0.4 is 4.74 Å². The van der Waals surface area contributed by atoms with E-state index in [4.69, 9.17) is 14.2 Å². The lowest BCUT2D eigenvalue weighted by atomic mass is 9.99. The van der Waals surface area contributed by atoms with Gasteiger partial charge in [-0.1, -0.05) is 32.1 Å². The van der Waals surface area contributed by atoms with Crippen LogP contribution in [-0.2, 0) is 15.9 Å². The van der Waals surface area contributed by atoms with Gasteiger partial charge in [-0.15, -0.1) is 4.99 Å². The number of aliphatic imine (C=N–C) groups is 1. The van der Waals surface area contributed by atoms with Crippen LogP contribution in [0.5, 0.6) is 5.75 Å². The summed E-state index contributed by atoms with van der Waals surface area (Å²) in [5.74, 6) is 1.31. The minimum atomic E-state index is -0.757. The van der Waals surface area contributed by atoms with Crippen LogP contribution in [0.15, 0.2) is 41.0 Å². The lowest BCUT2D eigenvalue weighted by Gasteiger charge is -2.25. The highest BCUT2D eigenvalue weighted by molar-refractivity contribution is 6.03. The molecule has 1 heterocycles. The molecule has 0 aromatic heterocycles. The van der Waals surface area contributed by atoms with Crippen molar-refractivity contribution in [1.29, 1.82) is 0 Å². The van der Waals surface area contributed by atoms with Gasteiger partial charge in [0.15, 0.2) is 0 Å². The van der Waals surface area contributed by atoms with Gasteiger partial charge in [0.25, 0.3) is 0 Å². The smallest absolute Gasteiger partial charge is 0.437 e. The Kier molecular flexibility index (Phi) is 8.98. The standard InChI is InChI=1S/C27H41N3O5/c1-18(2)17-22-21(16-13-19-11-14-20(33-10)15-12-19)30(25(32)35-27(6,7)8)23(29(22)9)28-24(31)34-26(3,4)5/h11-12,14-16,18,22H,13,17H2,1-10H3/b21-16+,28-23+. The summed E-state index contributed by atoms with van der Waals surface area (Å²) in [6, 6.07) is 7.61. The van der Waals surface area contributed by atoms with E-state index in [-0.39, 0.29) is 12.0 Å². The van der Waals surface area contributed by atoms with E-state index in [0.29, 0.717) is 12.3 Å². The van der Waals surface area contributed by atoms with Crippen molar-refractivity contribution in [3.05, 3.63) is 41.6 Å². The van der Waals surface area contributed by atoms with Crippen molar-refractivity contribution in [2.45, 2.75) is 85.5 Å². The molecule has 1 saturated heterocycles. The number of ether oxygens (including phenoxy) is 3. The first-order valence-electron chi connectivity index (χ1n) is 12.0. The van der Waals surface area contributed by atoms with Gasteiger partial charge in [0, 0.05) is 7.05 Å². The molecule has 2 rings (SSSR count). The molecule has 1 aliphatic heterocycles. The van der Waals surface area contributed by atoms with Gasteiger partial charge in [-0.25, -0.2) is 14.5 Å². The average molecular weight is 488 g/mol. The topological polar surface area (TPSA) is 80.7 Å². The highest BCUT2D eigenvalue weighted by atomic mass is 16.6. The van der Waals surface area contributed by atoms with Gasteiger partial charge in [0.1, 0.15) is 17.0 Å². The molecule has 0 saturated carbocycles. The predicted octanol–water partition coefficient (Wildman–Crippen LogP) is 6.01. The van der Waals surface area contributed by atoms with E-state index < -0.39 is 23.4 Å². The molecule has 1 aromatic carbocycles. The number of amides is 2. The molecule has 1 unspecified atom stereocenters. The number of benzene rings is 1. The number of guanidine groups is 1. The van der Waals surface area contributed by atoms with Crippen LogP contribution in [0.4, 0.5) is 9.59 Å². The third-order valence-electron chi connectivity index (χ3n) is 5.14. The third-order valence-corrected chi connectivity index (χ3v) is 5.14. The lowest BCUT2D eigenvalue weighted by Crippen LogP contribution is -2.40. The van der Waals surface area contributed by atoms with Crippen LogP contribution >= 0.6 is 0 Å². The van der Waals surface area contributed by atoms with E-state index in [2.05, 4.69) is 18.8 Å². The SMILES string of the molecule is COc1ccc(C/C=C2\C(CC(C)C)N(C)/C(=N\C(=O)OC(C)(C)C)N2C(=O)OC(C)(C)C)cc1. The van der Waals surface area contributed by atoms with E-state index in [1.807, 2.05) is 63.1 Å². The number of carbonyl (C=O) groups excluding carboxylic acids is 2. The largest absolute Gasteiger partial charge is 0.497 e. The van der Waals surface area contributed by atoms with E-state index in [9.17, 15) is 9.59 Å². The van der Waals surface area contributed by atoms with Crippen molar-refractivity contribution < 1.29 is 23.8 Å². The summed E-state index contributed by atoms with van der Waals surface area (Å²) < 4.78 is 16.4. The molecule has 1 aromatic rings. The van der Waals surface area contributed by atoms with Crippen molar-refractivity contribution in [2.24, 2.45) is 10.9 Å². The summed E-state index contributed by atoms with van der Waals surface area (Å²) in [6.07, 6.45) is 2.01. The zero-order valence-electron chi connectivity index (χ0n) is 22.8. The Labute approximate surface area is 209 Å². The second-order valence-electron chi connectivity index (χ2n) is 11.1. The minimum absolute atomic E-state index is 0.165. The average Bonchev–Trinajstić information content (AvgIpc) is 2.95. The predicted molar refractivity (Wildman–Crippen MR) is 138 cm³/mol. The molecule has 35 heavy (non-hydrogen) atoms. The number of allylic oxidation sites excluding steroid dienone is 1. The van der Waals surface area contributed by atoms with Gasteiger partial charge in [0.2, 0.25) is 5.96 Å². The fraction of sp³-hybridized carbons (Fsp3) is 0.593. The molecular weight excluding hydrogens is 446 g/mol. The second-order valence-corrected chi connectivity index (χ2v) is 11.1. The van der Waals surface area contributed by atoms with Crippen LogP contribution in [-0.4, -0.2) is 59.3 Å². The molecule has 0 N–H and O–H groups in total. The molecule has 0 bridgehead atoms. The first kappa shape index (κ1) is 28.2. The Hall–Kier alpha value is -3.03. The monoisotopic (exact) mass is 487 g/mol. The number of hydrogen-bond donors (Lipinski definition) is 0. The highest BCUT2D eigenvalue weighted by Crippen LogP contribution is 2.32. The summed E-state index contributed by atoms with van der Waals surface area (Å²) in [4.78, 5) is 33.5. The molecule has 1 atom stereocenters. The molecular formula is C27H41N3O5. The highest BCUT2D eigenvalue weighted by Gasteiger charge is 2.44. The van der Waals surface area contributed by atoms with Gasteiger partial charge < -0.3 is 19.1 Å². The Bertz CT molecular complexity index is 953. The molecule has 0 spiro atoms. The number of carbonyl (C=O) groups is 2. The summed E-state index contributed by atoms with van der Waals surface area (Å²) in [6.45, 7) is 15.0. The molecule has 1 aliphatic rings. The van der Waals surface area contributed by atoms with Crippen LogP contribution in [0.2, 0.25) is 0 Å². The molecule has 2 amide bonds. The Morgan fingerprint density at radius 3 is 2.09 bits per heavy atom. The summed E-state index contributed by atoms with van der Waals surface area (Å²) >= 11 is 0. The van der Waals surface area contributed by atoms with Crippen LogP contribution in [0.1, 0.15) is 67.4 Å². The van der Waals surface area contributed by atoms with Gasteiger partial charge in [-0.3, -0.25) is 0 Å². The quantitative estimate of drug-likeness (QED) is 0.506. The summed E-state index contributed by atoms with van der Waals surface area (Å²) in [5, 5.41) is 0. The van der Waals surface area contributed by atoms with E-state index in [1.54, 1.807) is 27.9 Å². The number of hydrogen-bond acceptors (Lipinski definition) is 5. The van der Waals surface area contributed by atoms with Crippen molar-refractivity contribution in [1.82, 2.24) is 9.80 Å². The van der Waals surface area contributed by atoms with Crippen LogP contribution in [0.3, 0.4) is 0 Å². The Morgan fingerprint density at radius 2 is 1.60 bits per heavy atom. The molecule has 1 fully saturated rings. The maximum Gasteiger partial charge on any atom is 0.437 e. The fourth-order valence-corrected chi connectivity index (χ4v) is 3.69. The Morgan fingerprint density at radius 1 is 1.03 bits per heavy atom. The maximum absolute atomic E-state index is 13.4. The maximum atomic E-state index is 13.4. The first-order valence-corrected chi connectivity index (χ1v) is 12.0. The number of methoxy groups -OCH3 is 1. The van der Waals surface area contributed by atoms with Crippen LogP contribution in [0, 0.1) is 5.92 Å². The zero-order valence-corrected chi connectivity index (χ0v) is 22.8. The second kappa shape index (κ2) is 11.1. The van der Waals surface area contributed by atoms with Crippen molar-refractivity contribution in [2.75, 3.05) is 14.2 Å². The number of likely N-dealkylation sites (N-methyl/N-ethyl adjacent to an activating group) is 1. The zero-order chi connectivity index (χ0) is 26.6. The molecule has 8 heteroatoms. The molecule has 8 nitrogen and oxygen atoms in total. The van der Waals surface area contributed by atoms with E-state index >= 15 is 0 Å². The van der Waals surface area contributed by atoms with E-state index in [1.165, 1.54) is 4.90 Å². The number of rotatable bonds is 5. The fourth-order valence-electron chi connectivity index (χ4n) is 3.69. The van der Waals surface area contributed by atoms with E-state index in [0.717, 1.165) is 23.4 Å². The van der Waals surface area contributed by atoms with Gasteiger partial charge in [-0.2, -0.15) is 0 Å². The Balaban J connectivity index is 2.55. The summed E-state index contributed by atoms with van der Waals surface area (Å²) in [7, 11) is 3.47. The van der Waals surface area contributed by atoms with Gasteiger partial charge in [-0.05, 0) is 78.0 Å². The molecule has 0 aliphatic carbocycles. The molecule has 0 radical (unpaired) electrons.